The summed E-state index contributed by atoms with van der Waals surface area (Å²) in [7, 11) is 6.31. The molecule has 0 amide bonds. The first kappa shape index (κ1) is 13.9. The molecule has 0 heterocycles. The summed E-state index contributed by atoms with van der Waals surface area (Å²) in [6.07, 6.45) is 5.19. The fourth-order valence-corrected chi connectivity index (χ4v) is 1.45. The van der Waals surface area contributed by atoms with Crippen molar-refractivity contribution in [2.75, 3.05) is 47.4 Å². The molecular weight excluding hydrogens is 176 g/mol. The lowest BCUT2D eigenvalue weighted by Gasteiger charge is -2.14. The largest absolute Gasteiger partial charge is 0.395 e. The molecule has 0 aromatic carbocycles. The zero-order valence-corrected chi connectivity index (χ0v) is 10.00. The highest BCUT2D eigenvalue weighted by atomic mass is 16.3. The lowest BCUT2D eigenvalue weighted by molar-refractivity contribution is 0.219. The summed E-state index contributed by atoms with van der Waals surface area (Å²) in [5, 5.41) is 8.69. The van der Waals surface area contributed by atoms with Crippen molar-refractivity contribution in [1.82, 2.24) is 9.80 Å². The molecule has 0 rings (SSSR count). The molecule has 86 valence electrons. The van der Waals surface area contributed by atoms with E-state index in [9.17, 15) is 0 Å². The normalized spacial score (nSPS) is 11.6. The Balaban J connectivity index is 3.05. The van der Waals surface area contributed by atoms with Crippen molar-refractivity contribution >= 4 is 0 Å². The molecule has 0 radical (unpaired) electrons. The predicted octanol–water partition coefficient (Wildman–Crippen LogP) is 1.03. The van der Waals surface area contributed by atoms with Crippen LogP contribution in [0.4, 0.5) is 0 Å². The Morgan fingerprint density at radius 2 is 1.36 bits per heavy atom. The maximum Gasteiger partial charge on any atom is 0.0558 e. The van der Waals surface area contributed by atoms with Gasteiger partial charge in [-0.1, -0.05) is 12.8 Å². The Bertz CT molecular complexity index is 118. The lowest BCUT2D eigenvalue weighted by Crippen LogP contribution is -2.23. The van der Waals surface area contributed by atoms with Crippen LogP contribution in [0.5, 0.6) is 0 Å². The third kappa shape index (κ3) is 9.96. The molecule has 3 heteroatoms. The van der Waals surface area contributed by atoms with E-state index in [4.69, 9.17) is 5.11 Å². The van der Waals surface area contributed by atoms with Crippen LogP contribution >= 0.6 is 0 Å². The fraction of sp³-hybridized carbons (Fsp3) is 1.00. The second-order valence-electron chi connectivity index (χ2n) is 4.24. The smallest absolute Gasteiger partial charge is 0.0558 e. The average molecular weight is 202 g/mol. The minimum Gasteiger partial charge on any atom is -0.395 e. The SMILES string of the molecule is CN(C)CCCCCCN(C)CCO. The number of hydrogen-bond donors (Lipinski definition) is 1. The number of nitrogens with zero attached hydrogens (tertiary/aromatic N) is 2. The van der Waals surface area contributed by atoms with E-state index in [1.54, 1.807) is 0 Å². The second-order valence-corrected chi connectivity index (χ2v) is 4.24. The number of likely N-dealkylation sites (N-methyl/N-ethyl adjacent to an activating group) is 1. The molecule has 0 saturated heterocycles. The molecule has 0 fully saturated rings. The minimum atomic E-state index is 0.275. The summed E-state index contributed by atoms with van der Waals surface area (Å²) >= 11 is 0. The van der Waals surface area contributed by atoms with Gasteiger partial charge in [-0.2, -0.15) is 0 Å². The third-order valence-electron chi connectivity index (χ3n) is 2.38. The number of rotatable bonds is 9. The van der Waals surface area contributed by atoms with Crippen LogP contribution in [0.3, 0.4) is 0 Å². The second kappa shape index (κ2) is 9.44. The van der Waals surface area contributed by atoms with Gasteiger partial charge in [-0.25, -0.2) is 0 Å². The molecule has 0 bridgehead atoms. The van der Waals surface area contributed by atoms with Crippen molar-refractivity contribution in [2.45, 2.75) is 25.7 Å². The number of unbranched alkanes of at least 4 members (excludes halogenated alkanes) is 3. The van der Waals surface area contributed by atoms with E-state index in [-0.39, 0.29) is 6.61 Å². The van der Waals surface area contributed by atoms with E-state index >= 15 is 0 Å². The highest BCUT2D eigenvalue weighted by molar-refractivity contribution is 4.52. The van der Waals surface area contributed by atoms with E-state index in [2.05, 4.69) is 30.9 Å². The Morgan fingerprint density at radius 3 is 1.86 bits per heavy atom. The van der Waals surface area contributed by atoms with Crippen LogP contribution in [0.15, 0.2) is 0 Å². The summed E-state index contributed by atoms with van der Waals surface area (Å²) < 4.78 is 0. The van der Waals surface area contributed by atoms with Gasteiger partial charge >= 0.3 is 0 Å². The molecule has 0 aromatic rings. The number of aliphatic hydroxyl groups excluding tert-OH is 1. The molecular formula is C11H26N2O. The van der Waals surface area contributed by atoms with E-state index in [0.717, 1.165) is 13.1 Å². The molecule has 1 N–H and O–H groups in total. The molecule has 0 aliphatic carbocycles. The summed E-state index contributed by atoms with van der Waals surface area (Å²) in [5.41, 5.74) is 0. The summed E-state index contributed by atoms with van der Waals surface area (Å²) in [5.74, 6) is 0. The highest BCUT2D eigenvalue weighted by Gasteiger charge is 1.96. The first-order chi connectivity index (χ1) is 6.66. The summed E-state index contributed by atoms with van der Waals surface area (Å²) in [4.78, 5) is 4.42. The van der Waals surface area contributed by atoms with Gasteiger partial charge in [0.25, 0.3) is 0 Å². The van der Waals surface area contributed by atoms with Crippen LogP contribution in [0, 0.1) is 0 Å². The monoisotopic (exact) mass is 202 g/mol. The van der Waals surface area contributed by atoms with Gasteiger partial charge in [0.2, 0.25) is 0 Å². The molecule has 0 saturated carbocycles. The molecule has 0 aliphatic rings. The Labute approximate surface area is 88.7 Å². The average Bonchev–Trinajstić information content (AvgIpc) is 2.11. The van der Waals surface area contributed by atoms with Gasteiger partial charge in [0.15, 0.2) is 0 Å². The van der Waals surface area contributed by atoms with Gasteiger partial charge in [0.1, 0.15) is 0 Å². The zero-order valence-electron chi connectivity index (χ0n) is 10.00. The van der Waals surface area contributed by atoms with E-state index in [0.29, 0.717) is 0 Å². The first-order valence-corrected chi connectivity index (χ1v) is 5.61. The zero-order chi connectivity index (χ0) is 10.8. The van der Waals surface area contributed by atoms with Gasteiger partial charge in [0.05, 0.1) is 6.61 Å². The quantitative estimate of drug-likeness (QED) is 0.566. The molecule has 14 heavy (non-hydrogen) atoms. The van der Waals surface area contributed by atoms with Crippen LogP contribution in [0.2, 0.25) is 0 Å². The van der Waals surface area contributed by atoms with Crippen LogP contribution in [0.1, 0.15) is 25.7 Å². The molecule has 0 unspecified atom stereocenters. The Morgan fingerprint density at radius 1 is 0.786 bits per heavy atom. The molecule has 0 spiro atoms. The minimum absolute atomic E-state index is 0.275. The van der Waals surface area contributed by atoms with Gasteiger partial charge in [0, 0.05) is 6.54 Å². The van der Waals surface area contributed by atoms with Gasteiger partial charge in [-0.05, 0) is 47.1 Å². The summed E-state index contributed by atoms with van der Waals surface area (Å²) in [6.45, 7) is 3.39. The molecule has 3 nitrogen and oxygen atoms in total. The molecule has 0 aromatic heterocycles. The van der Waals surface area contributed by atoms with Gasteiger partial charge < -0.3 is 14.9 Å². The molecule has 0 atom stereocenters. The van der Waals surface area contributed by atoms with Crippen LogP contribution in [0.25, 0.3) is 0 Å². The van der Waals surface area contributed by atoms with Crippen LogP contribution < -0.4 is 0 Å². The lowest BCUT2D eigenvalue weighted by atomic mass is 10.2. The van der Waals surface area contributed by atoms with Crippen molar-refractivity contribution in [1.29, 1.82) is 0 Å². The molecule has 0 aliphatic heterocycles. The van der Waals surface area contributed by atoms with Crippen LogP contribution in [-0.4, -0.2) is 62.3 Å². The van der Waals surface area contributed by atoms with E-state index in [1.807, 2.05) is 0 Å². The highest BCUT2D eigenvalue weighted by Crippen LogP contribution is 2.01. The fourth-order valence-electron chi connectivity index (χ4n) is 1.45. The number of aliphatic hydroxyl groups is 1. The Kier molecular flexibility index (Phi) is 9.35. The maximum absolute atomic E-state index is 8.69. The first-order valence-electron chi connectivity index (χ1n) is 5.61. The van der Waals surface area contributed by atoms with Gasteiger partial charge in [-0.15, -0.1) is 0 Å². The topological polar surface area (TPSA) is 26.7 Å². The van der Waals surface area contributed by atoms with Gasteiger partial charge in [-0.3, -0.25) is 0 Å². The Hall–Kier alpha value is -0.120. The van der Waals surface area contributed by atoms with Crippen molar-refractivity contribution in [3.8, 4) is 0 Å². The van der Waals surface area contributed by atoms with E-state index < -0.39 is 0 Å². The van der Waals surface area contributed by atoms with Crippen molar-refractivity contribution in [2.24, 2.45) is 0 Å². The third-order valence-corrected chi connectivity index (χ3v) is 2.38. The van der Waals surface area contributed by atoms with Crippen molar-refractivity contribution in [3.05, 3.63) is 0 Å². The number of hydrogen-bond acceptors (Lipinski definition) is 3. The van der Waals surface area contributed by atoms with E-state index in [1.165, 1.54) is 32.2 Å². The van der Waals surface area contributed by atoms with Crippen molar-refractivity contribution in [3.63, 3.8) is 0 Å². The van der Waals surface area contributed by atoms with Crippen LogP contribution in [-0.2, 0) is 0 Å². The van der Waals surface area contributed by atoms with Crippen molar-refractivity contribution < 1.29 is 5.11 Å². The maximum atomic E-state index is 8.69. The predicted molar refractivity (Wildman–Crippen MR) is 61.6 cm³/mol. The standard InChI is InChI=1S/C11H26N2O/c1-12(2)8-6-4-5-7-9-13(3)10-11-14/h14H,4-11H2,1-3H3. The summed E-state index contributed by atoms with van der Waals surface area (Å²) in [6, 6.07) is 0.